The van der Waals surface area contributed by atoms with Crippen LogP contribution >= 0.6 is 0 Å². The van der Waals surface area contributed by atoms with E-state index in [2.05, 4.69) is 31.0 Å². The summed E-state index contributed by atoms with van der Waals surface area (Å²) in [4.78, 5) is 17.5. The summed E-state index contributed by atoms with van der Waals surface area (Å²) >= 11 is 0. The minimum absolute atomic E-state index is 0.0708. The van der Waals surface area contributed by atoms with Gasteiger partial charge in [0, 0.05) is 26.4 Å². The van der Waals surface area contributed by atoms with Crippen LogP contribution in [0.2, 0.25) is 0 Å². The second kappa shape index (κ2) is 7.77. The average Bonchev–Trinajstić information content (AvgIpc) is 2.57. The molecule has 4 heteroatoms. The Balaban J connectivity index is 2.06. The molecule has 0 aliphatic heterocycles. The van der Waals surface area contributed by atoms with Crippen LogP contribution in [0.25, 0.3) is 0 Å². The lowest BCUT2D eigenvalue weighted by Gasteiger charge is -2.13. The van der Waals surface area contributed by atoms with E-state index in [4.69, 9.17) is 4.74 Å². The zero-order chi connectivity index (χ0) is 16.8. The number of nitrogens with zero attached hydrogens (tertiary/aromatic N) is 2. The SMILES string of the molecule is CCC(CC)c1ccc(Oc2ccc(C(=O)N(C)C)cn2)cc1. The van der Waals surface area contributed by atoms with Gasteiger partial charge in [-0.15, -0.1) is 0 Å². The zero-order valence-corrected chi connectivity index (χ0v) is 14.2. The highest BCUT2D eigenvalue weighted by molar-refractivity contribution is 5.93. The number of aromatic nitrogens is 1. The molecule has 2 rings (SSSR count). The topological polar surface area (TPSA) is 42.4 Å². The lowest BCUT2D eigenvalue weighted by atomic mass is 9.94. The summed E-state index contributed by atoms with van der Waals surface area (Å²) in [7, 11) is 3.43. The molecule has 0 fully saturated rings. The van der Waals surface area contributed by atoms with Crippen molar-refractivity contribution in [2.24, 2.45) is 0 Å². The van der Waals surface area contributed by atoms with Crippen molar-refractivity contribution in [2.45, 2.75) is 32.6 Å². The number of hydrogen-bond acceptors (Lipinski definition) is 3. The highest BCUT2D eigenvalue weighted by atomic mass is 16.5. The van der Waals surface area contributed by atoms with Crippen LogP contribution in [0, 0.1) is 0 Å². The standard InChI is InChI=1S/C19H24N2O2/c1-5-14(6-2)15-7-10-17(11-8-15)23-18-12-9-16(13-20-18)19(22)21(3)4/h7-14H,5-6H2,1-4H3. The first-order chi connectivity index (χ1) is 11.0. The number of rotatable bonds is 6. The van der Waals surface area contributed by atoms with Crippen molar-refractivity contribution < 1.29 is 9.53 Å². The first-order valence-electron chi connectivity index (χ1n) is 8.00. The minimum atomic E-state index is -0.0708. The Morgan fingerprint density at radius 2 is 1.74 bits per heavy atom. The van der Waals surface area contributed by atoms with Crippen LogP contribution in [-0.2, 0) is 0 Å². The summed E-state index contributed by atoms with van der Waals surface area (Å²) in [6.07, 6.45) is 3.81. The number of amides is 1. The molecule has 2 aromatic rings. The van der Waals surface area contributed by atoms with Gasteiger partial charge in [-0.25, -0.2) is 4.98 Å². The van der Waals surface area contributed by atoms with Crippen LogP contribution in [-0.4, -0.2) is 29.9 Å². The first kappa shape index (κ1) is 17.0. The van der Waals surface area contributed by atoms with Crippen LogP contribution in [0.4, 0.5) is 0 Å². The molecular weight excluding hydrogens is 288 g/mol. The van der Waals surface area contributed by atoms with Crippen molar-refractivity contribution in [3.8, 4) is 11.6 Å². The Labute approximate surface area is 138 Å². The van der Waals surface area contributed by atoms with E-state index < -0.39 is 0 Å². The largest absolute Gasteiger partial charge is 0.439 e. The molecule has 1 heterocycles. The van der Waals surface area contributed by atoms with Gasteiger partial charge in [-0.3, -0.25) is 4.79 Å². The zero-order valence-electron chi connectivity index (χ0n) is 14.2. The molecule has 0 aliphatic carbocycles. The number of hydrogen-bond donors (Lipinski definition) is 0. The van der Waals surface area contributed by atoms with Crippen molar-refractivity contribution in [1.29, 1.82) is 0 Å². The second-order valence-corrected chi connectivity index (χ2v) is 5.77. The Bertz CT molecular complexity index is 629. The van der Waals surface area contributed by atoms with Gasteiger partial charge in [0.15, 0.2) is 0 Å². The molecule has 0 atom stereocenters. The molecule has 1 aromatic carbocycles. The maximum atomic E-state index is 11.8. The van der Waals surface area contributed by atoms with Crippen LogP contribution in [0.3, 0.4) is 0 Å². The number of pyridine rings is 1. The lowest BCUT2D eigenvalue weighted by Crippen LogP contribution is -2.21. The van der Waals surface area contributed by atoms with Gasteiger partial charge in [0.25, 0.3) is 5.91 Å². The van der Waals surface area contributed by atoms with E-state index in [1.165, 1.54) is 16.7 Å². The van der Waals surface area contributed by atoms with Gasteiger partial charge in [0.1, 0.15) is 5.75 Å². The molecule has 0 saturated heterocycles. The third kappa shape index (κ3) is 4.31. The fourth-order valence-electron chi connectivity index (χ4n) is 2.51. The number of ether oxygens (including phenoxy) is 1. The second-order valence-electron chi connectivity index (χ2n) is 5.77. The van der Waals surface area contributed by atoms with Gasteiger partial charge >= 0.3 is 0 Å². The third-order valence-corrected chi connectivity index (χ3v) is 3.95. The molecule has 122 valence electrons. The van der Waals surface area contributed by atoms with Gasteiger partial charge in [0.05, 0.1) is 5.56 Å². The van der Waals surface area contributed by atoms with Crippen molar-refractivity contribution in [1.82, 2.24) is 9.88 Å². The van der Waals surface area contributed by atoms with E-state index in [0.717, 1.165) is 18.6 Å². The van der Waals surface area contributed by atoms with E-state index in [9.17, 15) is 4.79 Å². The lowest BCUT2D eigenvalue weighted by molar-refractivity contribution is 0.0827. The number of carbonyl (C=O) groups is 1. The van der Waals surface area contributed by atoms with E-state index in [-0.39, 0.29) is 5.91 Å². The van der Waals surface area contributed by atoms with Crippen LogP contribution in [0.1, 0.15) is 48.5 Å². The van der Waals surface area contributed by atoms with Crippen molar-refractivity contribution in [3.63, 3.8) is 0 Å². The minimum Gasteiger partial charge on any atom is -0.439 e. The predicted octanol–water partition coefficient (Wildman–Crippen LogP) is 4.48. The summed E-state index contributed by atoms with van der Waals surface area (Å²) in [6.45, 7) is 4.41. The summed E-state index contributed by atoms with van der Waals surface area (Å²) in [6, 6.07) is 11.6. The van der Waals surface area contributed by atoms with E-state index >= 15 is 0 Å². The van der Waals surface area contributed by atoms with Crippen molar-refractivity contribution >= 4 is 5.91 Å². The number of carbonyl (C=O) groups excluding carboxylic acids is 1. The Kier molecular flexibility index (Phi) is 5.74. The van der Waals surface area contributed by atoms with E-state index in [1.54, 1.807) is 26.2 Å². The Morgan fingerprint density at radius 3 is 2.22 bits per heavy atom. The molecule has 0 aliphatic rings. The van der Waals surface area contributed by atoms with Crippen LogP contribution in [0.15, 0.2) is 42.6 Å². The Hall–Kier alpha value is -2.36. The van der Waals surface area contributed by atoms with Gasteiger partial charge in [-0.05, 0) is 42.5 Å². The molecule has 0 N–H and O–H groups in total. The van der Waals surface area contributed by atoms with Gasteiger partial charge in [-0.2, -0.15) is 0 Å². The molecule has 0 radical (unpaired) electrons. The smallest absolute Gasteiger partial charge is 0.254 e. The summed E-state index contributed by atoms with van der Waals surface area (Å²) in [5.74, 6) is 1.76. The Morgan fingerprint density at radius 1 is 1.09 bits per heavy atom. The van der Waals surface area contributed by atoms with Gasteiger partial charge < -0.3 is 9.64 Å². The maximum Gasteiger partial charge on any atom is 0.254 e. The monoisotopic (exact) mass is 312 g/mol. The molecule has 1 aromatic heterocycles. The summed E-state index contributed by atoms with van der Waals surface area (Å²) < 4.78 is 5.74. The molecule has 0 saturated carbocycles. The van der Waals surface area contributed by atoms with E-state index in [1.807, 2.05) is 12.1 Å². The van der Waals surface area contributed by atoms with E-state index in [0.29, 0.717) is 17.4 Å². The maximum absolute atomic E-state index is 11.8. The quantitative estimate of drug-likeness (QED) is 0.790. The van der Waals surface area contributed by atoms with Gasteiger partial charge in [0.2, 0.25) is 5.88 Å². The predicted molar refractivity (Wildman–Crippen MR) is 92.1 cm³/mol. The summed E-state index contributed by atoms with van der Waals surface area (Å²) in [5.41, 5.74) is 1.88. The van der Waals surface area contributed by atoms with Crippen LogP contribution in [0.5, 0.6) is 11.6 Å². The fourth-order valence-corrected chi connectivity index (χ4v) is 2.51. The van der Waals surface area contributed by atoms with Gasteiger partial charge in [-0.1, -0.05) is 26.0 Å². The van der Waals surface area contributed by atoms with Crippen molar-refractivity contribution in [2.75, 3.05) is 14.1 Å². The normalized spacial score (nSPS) is 10.7. The molecule has 4 nitrogen and oxygen atoms in total. The number of benzene rings is 1. The molecule has 0 bridgehead atoms. The molecule has 0 spiro atoms. The fraction of sp³-hybridized carbons (Fsp3) is 0.368. The highest BCUT2D eigenvalue weighted by Gasteiger charge is 2.09. The van der Waals surface area contributed by atoms with Crippen LogP contribution < -0.4 is 4.74 Å². The molecule has 23 heavy (non-hydrogen) atoms. The van der Waals surface area contributed by atoms with Crippen molar-refractivity contribution in [3.05, 3.63) is 53.7 Å². The summed E-state index contributed by atoms with van der Waals surface area (Å²) in [5, 5.41) is 0. The molecular formula is C19H24N2O2. The highest BCUT2D eigenvalue weighted by Crippen LogP contribution is 2.26. The third-order valence-electron chi connectivity index (χ3n) is 3.95. The molecule has 1 amide bonds. The first-order valence-corrected chi connectivity index (χ1v) is 8.00. The molecule has 0 unspecified atom stereocenters. The average molecular weight is 312 g/mol.